The van der Waals surface area contributed by atoms with E-state index in [1.54, 1.807) is 0 Å². The fraction of sp³-hybridized carbons (Fsp3) is 0.200. The molecule has 0 aromatic heterocycles. The number of benzene rings is 4. The number of rotatable bonds is 0. The third-order valence-corrected chi connectivity index (χ3v) is 6.65. The van der Waals surface area contributed by atoms with Gasteiger partial charge in [-0.3, -0.25) is 0 Å². The van der Waals surface area contributed by atoms with Crippen LogP contribution in [-0.2, 0) is 0 Å². The monoisotopic (exact) mass is 430 g/mol. The summed E-state index contributed by atoms with van der Waals surface area (Å²) in [6, 6.07) is 16.6. The summed E-state index contributed by atoms with van der Waals surface area (Å²) < 4.78 is -0.263. The maximum atomic E-state index is 10.5. The molecule has 4 heteroatoms. The topological polar surface area (TPSA) is 60.7 Å². The molecule has 4 atom stereocenters. The molecule has 24 heavy (non-hydrogen) atoms. The lowest BCUT2D eigenvalue weighted by atomic mass is 9.80. The molecule has 5 rings (SSSR count). The molecular weight excluding hydrogens is 415 g/mol. The van der Waals surface area contributed by atoms with E-state index in [0.717, 1.165) is 21.9 Å². The van der Waals surface area contributed by atoms with Crippen molar-refractivity contribution in [3.63, 3.8) is 0 Å². The zero-order valence-electron chi connectivity index (χ0n) is 12.6. The van der Waals surface area contributed by atoms with E-state index in [-0.39, 0.29) is 3.92 Å². The number of hydrogen-bond donors (Lipinski definition) is 3. The van der Waals surface area contributed by atoms with E-state index in [4.69, 9.17) is 0 Å². The Balaban J connectivity index is 2.01. The molecule has 0 amide bonds. The van der Waals surface area contributed by atoms with Gasteiger partial charge in [0.25, 0.3) is 0 Å². The fourth-order valence-electron chi connectivity index (χ4n) is 4.12. The van der Waals surface area contributed by atoms with Gasteiger partial charge in [-0.1, -0.05) is 65.1 Å². The molecule has 3 nitrogen and oxygen atoms in total. The summed E-state index contributed by atoms with van der Waals surface area (Å²) in [4.78, 5) is 0. The number of fused-ring (bicyclic) bond motifs is 2. The minimum atomic E-state index is -1.16. The van der Waals surface area contributed by atoms with Gasteiger partial charge in [0.2, 0.25) is 0 Å². The van der Waals surface area contributed by atoms with E-state index in [2.05, 4.69) is 65.1 Å². The molecule has 0 radical (unpaired) electrons. The van der Waals surface area contributed by atoms with Crippen LogP contribution in [0.4, 0.5) is 0 Å². The molecule has 0 saturated heterocycles. The first-order chi connectivity index (χ1) is 11.6. The molecule has 3 N–H and O–H groups in total. The lowest BCUT2D eigenvalue weighted by Crippen LogP contribution is -2.39. The standard InChI is InChI=1S/C20H15IO3/c21-17-16-12-7-6-10-3-1-2-9-4-5-11(15(12)14(9)10)8-13(16)18(22)20(24)19(17)23/h1-8,17-20,22-24H/t17-,18+,19+,20-/m0/s1. The molecule has 0 aliphatic heterocycles. The molecule has 4 aromatic rings. The van der Waals surface area contributed by atoms with Crippen LogP contribution in [0.2, 0.25) is 0 Å². The maximum Gasteiger partial charge on any atom is 0.111 e. The van der Waals surface area contributed by atoms with Gasteiger partial charge in [-0.15, -0.1) is 0 Å². The van der Waals surface area contributed by atoms with E-state index < -0.39 is 18.3 Å². The summed E-state index contributed by atoms with van der Waals surface area (Å²) in [7, 11) is 0. The lowest BCUT2D eigenvalue weighted by Gasteiger charge is -2.36. The Bertz CT molecular complexity index is 1070. The van der Waals surface area contributed by atoms with Crippen molar-refractivity contribution in [2.24, 2.45) is 0 Å². The molecule has 0 spiro atoms. The predicted octanol–water partition coefficient (Wildman–Crippen LogP) is 3.83. The average molecular weight is 430 g/mol. The van der Waals surface area contributed by atoms with Crippen LogP contribution in [0.25, 0.3) is 32.3 Å². The highest BCUT2D eigenvalue weighted by molar-refractivity contribution is 14.1. The van der Waals surface area contributed by atoms with E-state index in [1.807, 2.05) is 6.07 Å². The highest BCUT2D eigenvalue weighted by Crippen LogP contribution is 2.48. The molecule has 0 fully saturated rings. The van der Waals surface area contributed by atoms with Crippen molar-refractivity contribution in [1.82, 2.24) is 0 Å². The Labute approximate surface area is 152 Å². The van der Waals surface area contributed by atoms with Crippen molar-refractivity contribution in [1.29, 1.82) is 0 Å². The van der Waals surface area contributed by atoms with Crippen molar-refractivity contribution >= 4 is 54.9 Å². The number of aliphatic hydroxyl groups excluding tert-OH is 3. The van der Waals surface area contributed by atoms with Crippen LogP contribution < -0.4 is 0 Å². The van der Waals surface area contributed by atoms with Crippen LogP contribution in [0.15, 0.2) is 48.5 Å². The average Bonchev–Trinajstić information content (AvgIpc) is 2.62. The molecule has 4 aromatic carbocycles. The second kappa shape index (κ2) is 5.02. The summed E-state index contributed by atoms with van der Waals surface area (Å²) >= 11 is 2.17. The quantitative estimate of drug-likeness (QED) is 0.226. The predicted molar refractivity (Wildman–Crippen MR) is 104 cm³/mol. The second-order valence-electron chi connectivity index (χ2n) is 6.56. The van der Waals surface area contributed by atoms with Crippen LogP contribution in [0.1, 0.15) is 21.2 Å². The van der Waals surface area contributed by atoms with Gasteiger partial charge in [0.05, 0.1) is 10.0 Å². The SMILES string of the molecule is O[C@@H]1[C@H](O)[C@@H](I)c2c(cc3ccc4cccc5ccc2c3c45)[C@H]1O. The molecule has 0 saturated carbocycles. The highest BCUT2D eigenvalue weighted by Gasteiger charge is 2.40. The molecule has 120 valence electrons. The van der Waals surface area contributed by atoms with Gasteiger partial charge < -0.3 is 15.3 Å². The van der Waals surface area contributed by atoms with E-state index >= 15 is 0 Å². The van der Waals surface area contributed by atoms with Crippen molar-refractivity contribution in [2.75, 3.05) is 0 Å². The summed E-state index contributed by atoms with van der Waals surface area (Å²) in [5.74, 6) is 0. The van der Waals surface area contributed by atoms with Crippen molar-refractivity contribution in [3.8, 4) is 0 Å². The molecule has 0 heterocycles. The summed E-state index contributed by atoms with van der Waals surface area (Å²) in [5.41, 5.74) is 1.66. The Kier molecular flexibility index (Phi) is 3.10. The normalized spacial score (nSPS) is 27.2. The number of halogens is 1. The summed E-state index contributed by atoms with van der Waals surface area (Å²) in [5, 5.41) is 37.9. The first kappa shape index (κ1) is 14.8. The number of hydrogen-bond acceptors (Lipinski definition) is 3. The Morgan fingerprint density at radius 3 is 2.17 bits per heavy atom. The van der Waals surface area contributed by atoms with E-state index in [1.165, 1.54) is 21.5 Å². The molecule has 1 aliphatic carbocycles. The third-order valence-electron chi connectivity index (χ3n) is 5.29. The van der Waals surface area contributed by atoms with E-state index in [0.29, 0.717) is 0 Å². The van der Waals surface area contributed by atoms with Crippen LogP contribution >= 0.6 is 22.6 Å². The van der Waals surface area contributed by atoms with Crippen molar-refractivity contribution in [2.45, 2.75) is 22.2 Å². The van der Waals surface area contributed by atoms with Gasteiger partial charge in [0.1, 0.15) is 12.2 Å². The first-order valence-electron chi connectivity index (χ1n) is 7.96. The van der Waals surface area contributed by atoms with Gasteiger partial charge in [-0.05, 0) is 49.5 Å². The van der Waals surface area contributed by atoms with Crippen molar-refractivity contribution in [3.05, 3.63) is 59.7 Å². The van der Waals surface area contributed by atoms with Gasteiger partial charge >= 0.3 is 0 Å². The molecule has 1 aliphatic rings. The van der Waals surface area contributed by atoms with Gasteiger partial charge in [-0.2, -0.15) is 0 Å². The smallest absolute Gasteiger partial charge is 0.111 e. The molecule has 0 unspecified atom stereocenters. The zero-order chi connectivity index (χ0) is 16.6. The summed E-state index contributed by atoms with van der Waals surface area (Å²) in [6.07, 6.45) is -3.21. The minimum Gasteiger partial charge on any atom is -0.389 e. The molecule has 0 bridgehead atoms. The Morgan fingerprint density at radius 2 is 1.42 bits per heavy atom. The third kappa shape index (κ3) is 1.77. The van der Waals surface area contributed by atoms with Crippen LogP contribution in [0.5, 0.6) is 0 Å². The summed E-state index contributed by atoms with van der Waals surface area (Å²) in [6.45, 7) is 0. The van der Waals surface area contributed by atoms with Gasteiger partial charge in [0, 0.05) is 0 Å². The second-order valence-corrected chi connectivity index (χ2v) is 7.91. The Hall–Kier alpha value is -1.47. The highest BCUT2D eigenvalue weighted by atomic mass is 127. The first-order valence-corrected chi connectivity index (χ1v) is 9.21. The largest absolute Gasteiger partial charge is 0.389 e. The Morgan fingerprint density at radius 1 is 0.750 bits per heavy atom. The van der Waals surface area contributed by atoms with Crippen LogP contribution in [0.3, 0.4) is 0 Å². The van der Waals surface area contributed by atoms with Crippen molar-refractivity contribution < 1.29 is 15.3 Å². The maximum absolute atomic E-state index is 10.5. The number of aliphatic hydroxyl groups is 3. The van der Waals surface area contributed by atoms with E-state index in [9.17, 15) is 15.3 Å². The lowest BCUT2D eigenvalue weighted by molar-refractivity contribution is -0.0675. The zero-order valence-corrected chi connectivity index (χ0v) is 14.8. The minimum absolute atomic E-state index is 0.263. The van der Waals surface area contributed by atoms with Gasteiger partial charge in [-0.25, -0.2) is 0 Å². The van der Waals surface area contributed by atoms with Gasteiger partial charge in [0.15, 0.2) is 0 Å². The molecular formula is C20H15IO3. The van der Waals surface area contributed by atoms with Crippen LogP contribution in [-0.4, -0.2) is 27.5 Å². The van der Waals surface area contributed by atoms with Crippen LogP contribution in [0, 0.1) is 0 Å². The number of alkyl halides is 1. The fourth-order valence-corrected chi connectivity index (χ4v) is 5.24.